The van der Waals surface area contributed by atoms with Crippen LogP contribution in [0.3, 0.4) is 0 Å². The molecule has 6 nitrogen and oxygen atoms in total. The fourth-order valence-corrected chi connectivity index (χ4v) is 2.24. The second kappa shape index (κ2) is 5.75. The molecular formula is C10H12N3NaO3S. The molecule has 0 aliphatic heterocycles. The van der Waals surface area contributed by atoms with Crippen molar-refractivity contribution in [2.24, 2.45) is 0 Å². The van der Waals surface area contributed by atoms with Crippen LogP contribution >= 0.6 is 0 Å². The summed E-state index contributed by atoms with van der Waals surface area (Å²) in [5.74, 6) is 0.680. The summed E-state index contributed by atoms with van der Waals surface area (Å²) in [6, 6.07) is 7.37. The average molecular weight is 277 g/mol. The Kier molecular flexibility index (Phi) is 4.80. The van der Waals surface area contributed by atoms with Crippen molar-refractivity contribution in [3.8, 4) is 0 Å². The van der Waals surface area contributed by atoms with Crippen LogP contribution in [0.5, 0.6) is 0 Å². The third-order valence-corrected chi connectivity index (χ3v) is 3.43. The van der Waals surface area contributed by atoms with Gasteiger partial charge in [-0.15, -0.1) is 0 Å². The van der Waals surface area contributed by atoms with Crippen LogP contribution < -0.4 is 10.5 Å². The Morgan fingerprint density at radius 1 is 1.28 bits per heavy atom. The summed E-state index contributed by atoms with van der Waals surface area (Å²) in [5, 5.41) is 3.55. The second-order valence-corrected chi connectivity index (χ2v) is 5.18. The van der Waals surface area contributed by atoms with E-state index in [0.29, 0.717) is 11.4 Å². The Labute approximate surface area is 127 Å². The normalized spacial score (nSPS) is 10.7. The number of hydrogen-bond acceptors (Lipinski definition) is 5. The molecule has 92 valence electrons. The van der Waals surface area contributed by atoms with Crippen LogP contribution in [0, 0.1) is 6.92 Å². The molecule has 1 aromatic heterocycles. The van der Waals surface area contributed by atoms with Crippen LogP contribution in [-0.2, 0) is 10.0 Å². The maximum absolute atomic E-state index is 11.9. The summed E-state index contributed by atoms with van der Waals surface area (Å²) in [7, 11) is -3.64. The standard InChI is InChI=1S/C10H11N3O3S.Na.H/c1-7-6-10(12-16-7)13-17(14,15)9-4-2-8(11)3-5-9;;/h2-6H,11H2,1H3,(H,12,13);;. The van der Waals surface area contributed by atoms with Gasteiger partial charge in [-0.3, -0.25) is 4.72 Å². The molecule has 0 spiro atoms. The zero-order valence-electron chi connectivity index (χ0n) is 9.04. The van der Waals surface area contributed by atoms with Gasteiger partial charge >= 0.3 is 29.6 Å². The summed E-state index contributed by atoms with van der Waals surface area (Å²) < 4.78 is 30.8. The first-order valence-corrected chi connectivity index (χ1v) is 6.27. The first kappa shape index (κ1) is 15.0. The van der Waals surface area contributed by atoms with Crippen LogP contribution in [-0.4, -0.2) is 43.1 Å². The monoisotopic (exact) mass is 277 g/mol. The number of nitrogen functional groups attached to an aromatic ring is 1. The van der Waals surface area contributed by atoms with Gasteiger partial charge in [0.2, 0.25) is 0 Å². The molecule has 0 aliphatic carbocycles. The molecule has 0 unspecified atom stereocenters. The molecule has 0 fully saturated rings. The molecule has 1 aromatic carbocycles. The van der Waals surface area contributed by atoms with Crippen LogP contribution in [0.1, 0.15) is 5.76 Å². The van der Waals surface area contributed by atoms with E-state index >= 15 is 0 Å². The molecule has 0 aliphatic rings. The minimum atomic E-state index is -3.64. The number of nitrogens with one attached hydrogen (secondary N) is 1. The number of aromatic nitrogens is 1. The number of rotatable bonds is 3. The van der Waals surface area contributed by atoms with Gasteiger partial charge in [-0.1, -0.05) is 5.16 Å². The zero-order valence-corrected chi connectivity index (χ0v) is 9.86. The second-order valence-electron chi connectivity index (χ2n) is 3.50. The Bertz CT molecular complexity index is 622. The van der Waals surface area contributed by atoms with Crippen molar-refractivity contribution < 1.29 is 12.9 Å². The predicted molar refractivity (Wildman–Crippen MR) is 70.1 cm³/mol. The minimum absolute atomic E-state index is 0. The van der Waals surface area contributed by atoms with E-state index in [1.807, 2.05) is 0 Å². The van der Waals surface area contributed by atoms with Crippen LogP contribution in [0.4, 0.5) is 11.5 Å². The number of benzene rings is 1. The average Bonchev–Trinajstić information content (AvgIpc) is 2.63. The van der Waals surface area contributed by atoms with Gasteiger partial charge in [0, 0.05) is 11.8 Å². The molecule has 3 N–H and O–H groups in total. The third-order valence-electron chi connectivity index (χ3n) is 2.06. The summed E-state index contributed by atoms with van der Waals surface area (Å²) in [6.07, 6.45) is 0. The van der Waals surface area contributed by atoms with E-state index in [2.05, 4.69) is 9.88 Å². The van der Waals surface area contributed by atoms with E-state index in [1.54, 1.807) is 6.92 Å². The van der Waals surface area contributed by atoms with E-state index in [0.717, 1.165) is 0 Å². The summed E-state index contributed by atoms with van der Waals surface area (Å²) in [4.78, 5) is 0.118. The van der Waals surface area contributed by atoms with Crippen molar-refractivity contribution in [3.63, 3.8) is 0 Å². The van der Waals surface area contributed by atoms with Crippen LogP contribution in [0.2, 0.25) is 0 Å². The molecule has 0 atom stereocenters. The van der Waals surface area contributed by atoms with Crippen LogP contribution in [0.15, 0.2) is 39.8 Å². The van der Waals surface area contributed by atoms with Gasteiger partial charge in [-0.05, 0) is 31.2 Å². The Morgan fingerprint density at radius 3 is 2.39 bits per heavy atom. The number of aryl methyl sites for hydroxylation is 1. The van der Waals surface area contributed by atoms with E-state index in [4.69, 9.17) is 10.3 Å². The molecule has 0 radical (unpaired) electrons. The SMILES string of the molecule is Cc1cc(NS(=O)(=O)c2ccc(N)cc2)no1.[NaH]. The predicted octanol–water partition coefficient (Wildman–Crippen LogP) is 0.718. The zero-order chi connectivity index (χ0) is 12.5. The van der Waals surface area contributed by atoms with Crippen molar-refractivity contribution >= 4 is 51.1 Å². The Balaban J connectivity index is 0.00000162. The Morgan fingerprint density at radius 2 is 1.89 bits per heavy atom. The van der Waals surface area contributed by atoms with E-state index < -0.39 is 10.0 Å². The van der Waals surface area contributed by atoms with E-state index in [1.165, 1.54) is 30.3 Å². The van der Waals surface area contributed by atoms with Gasteiger partial charge in [0.15, 0.2) is 5.82 Å². The number of hydrogen-bond donors (Lipinski definition) is 2. The van der Waals surface area contributed by atoms with Gasteiger partial charge in [0.1, 0.15) is 5.76 Å². The molecule has 0 amide bonds. The summed E-state index contributed by atoms with van der Waals surface area (Å²) >= 11 is 0. The fraction of sp³-hybridized carbons (Fsp3) is 0.100. The van der Waals surface area contributed by atoms with Crippen molar-refractivity contribution in [2.45, 2.75) is 11.8 Å². The fourth-order valence-electron chi connectivity index (χ4n) is 1.26. The van der Waals surface area contributed by atoms with Gasteiger partial charge in [-0.25, -0.2) is 8.42 Å². The van der Waals surface area contributed by atoms with Gasteiger partial charge in [0.25, 0.3) is 10.0 Å². The molecule has 0 saturated heterocycles. The van der Waals surface area contributed by atoms with E-state index in [-0.39, 0.29) is 40.3 Å². The molecule has 2 aromatic rings. The number of nitrogens with zero attached hydrogens (tertiary/aromatic N) is 1. The van der Waals surface area contributed by atoms with E-state index in [9.17, 15) is 8.42 Å². The number of anilines is 2. The van der Waals surface area contributed by atoms with Crippen molar-refractivity contribution in [2.75, 3.05) is 10.5 Å². The van der Waals surface area contributed by atoms with Crippen LogP contribution in [0.25, 0.3) is 0 Å². The summed E-state index contributed by atoms with van der Waals surface area (Å²) in [6.45, 7) is 1.67. The summed E-state index contributed by atoms with van der Waals surface area (Å²) in [5.41, 5.74) is 5.98. The number of sulfonamides is 1. The van der Waals surface area contributed by atoms with Crippen molar-refractivity contribution in [3.05, 3.63) is 36.1 Å². The molecule has 18 heavy (non-hydrogen) atoms. The van der Waals surface area contributed by atoms with Gasteiger partial charge in [-0.2, -0.15) is 0 Å². The molecule has 8 heteroatoms. The molecule has 0 saturated carbocycles. The van der Waals surface area contributed by atoms with Crippen molar-refractivity contribution in [1.82, 2.24) is 5.16 Å². The Hall–Kier alpha value is -1.02. The quantitative estimate of drug-likeness (QED) is 0.636. The first-order valence-electron chi connectivity index (χ1n) is 4.79. The molecule has 1 heterocycles. The van der Waals surface area contributed by atoms with Gasteiger partial charge in [0.05, 0.1) is 4.90 Å². The molecule has 2 rings (SSSR count). The third kappa shape index (κ3) is 3.49. The molecule has 0 bridgehead atoms. The molecular weight excluding hydrogens is 265 g/mol. The number of nitrogens with two attached hydrogens (primary N) is 1. The van der Waals surface area contributed by atoms with Crippen molar-refractivity contribution in [1.29, 1.82) is 0 Å². The van der Waals surface area contributed by atoms with Gasteiger partial charge < -0.3 is 10.3 Å². The first-order chi connectivity index (χ1) is 7.97. The maximum atomic E-state index is 11.9. The topological polar surface area (TPSA) is 98.2 Å².